The molecule has 1 rings (SSSR count). The molecule has 0 radical (unpaired) electrons. The third-order valence-corrected chi connectivity index (χ3v) is 3.25. The Kier molecular flexibility index (Phi) is 74.8. The quantitative estimate of drug-likeness (QED) is 0.417. The second-order valence-electron chi connectivity index (χ2n) is 8.04. The summed E-state index contributed by atoms with van der Waals surface area (Å²) in [5, 5.41) is 0. The van der Waals surface area contributed by atoms with Gasteiger partial charge >= 0.3 is 0 Å². The van der Waals surface area contributed by atoms with Crippen LogP contribution in [-0.2, 0) is 12.8 Å². The van der Waals surface area contributed by atoms with Gasteiger partial charge in [-0.2, -0.15) is 0 Å². The van der Waals surface area contributed by atoms with Crippen molar-refractivity contribution in [1.82, 2.24) is 0 Å². The van der Waals surface area contributed by atoms with E-state index in [-0.39, 0.29) is 66.8 Å². The van der Waals surface area contributed by atoms with Crippen molar-refractivity contribution in [3.8, 4) is 0 Å². The standard InChI is InChI=1S/C14H22.C7H16.9CH4/c1-11(2)9-13-5-7-14(8-6-13)10-12(3)4;1-6(2)5-7(3)4;;;;;;;;;/h5-8,11-12H,9-10H2,1-4H3;6-7H,5H2,1-4H3;9*1H4. The molecule has 0 atom stereocenters. The molecule has 0 amide bonds. The smallest absolute Gasteiger partial charge is 0.0256 e. The average Bonchev–Trinajstić information content (AvgIpc) is 2.29. The lowest BCUT2D eigenvalue weighted by Gasteiger charge is -2.08. The zero-order chi connectivity index (χ0) is 16.4. The van der Waals surface area contributed by atoms with Crippen LogP contribution in [0.5, 0.6) is 0 Å². The van der Waals surface area contributed by atoms with Gasteiger partial charge in [-0.1, -0.05) is 146 Å². The van der Waals surface area contributed by atoms with E-state index in [1.807, 2.05) is 0 Å². The van der Waals surface area contributed by atoms with Gasteiger partial charge in [0.05, 0.1) is 0 Å². The highest BCUT2D eigenvalue weighted by atomic mass is 14.1. The van der Waals surface area contributed by atoms with Gasteiger partial charge in [0.2, 0.25) is 0 Å². The lowest BCUT2D eigenvalue weighted by atomic mass is 9.98. The van der Waals surface area contributed by atoms with E-state index >= 15 is 0 Å². The second-order valence-corrected chi connectivity index (χ2v) is 8.04. The molecule has 0 aliphatic heterocycles. The SMILES string of the molecule is C.C.C.C.C.C.C.C.C.CC(C)CC(C)C.CC(C)Cc1ccc(CC(C)C)cc1. The maximum atomic E-state index is 2.28. The van der Waals surface area contributed by atoms with Gasteiger partial charge in [-0.05, 0) is 54.1 Å². The molecule has 0 saturated heterocycles. The van der Waals surface area contributed by atoms with Crippen LogP contribution in [0, 0.1) is 23.7 Å². The Morgan fingerprint density at radius 1 is 0.400 bits per heavy atom. The van der Waals surface area contributed by atoms with E-state index in [9.17, 15) is 0 Å². The third kappa shape index (κ3) is 41.6. The predicted molar refractivity (Wildman–Crippen MR) is 158 cm³/mol. The molecule has 0 bridgehead atoms. The molecular weight excluding hydrogens is 360 g/mol. The van der Waals surface area contributed by atoms with Crippen molar-refractivity contribution in [3.05, 3.63) is 35.4 Å². The lowest BCUT2D eigenvalue weighted by molar-refractivity contribution is 0.469. The van der Waals surface area contributed by atoms with Gasteiger partial charge in [0.1, 0.15) is 0 Å². The summed E-state index contributed by atoms with van der Waals surface area (Å²) in [4.78, 5) is 0. The van der Waals surface area contributed by atoms with Gasteiger partial charge < -0.3 is 0 Å². The maximum Gasteiger partial charge on any atom is -0.0256 e. The summed E-state index contributed by atoms with van der Waals surface area (Å²) in [5.41, 5.74) is 2.93. The Morgan fingerprint density at radius 3 is 0.700 bits per heavy atom. The van der Waals surface area contributed by atoms with Crippen molar-refractivity contribution >= 4 is 0 Å². The van der Waals surface area contributed by atoms with E-state index in [4.69, 9.17) is 0 Å². The predicted octanol–water partition coefficient (Wildman–Crippen LogP) is 12.5. The minimum atomic E-state index is 0. The molecule has 1 aromatic carbocycles. The largest absolute Gasteiger partial charge is 0.0776 e. The molecule has 0 N–H and O–H groups in total. The number of hydrogen-bond donors (Lipinski definition) is 0. The highest BCUT2D eigenvalue weighted by Gasteiger charge is 2.00. The zero-order valence-electron chi connectivity index (χ0n) is 15.7. The topological polar surface area (TPSA) is 0 Å². The summed E-state index contributed by atoms with van der Waals surface area (Å²) >= 11 is 0. The zero-order valence-corrected chi connectivity index (χ0v) is 15.7. The Morgan fingerprint density at radius 2 is 0.600 bits per heavy atom. The summed E-state index contributed by atoms with van der Waals surface area (Å²) in [6.07, 6.45) is 3.75. The van der Waals surface area contributed by atoms with E-state index < -0.39 is 0 Å². The summed E-state index contributed by atoms with van der Waals surface area (Å²) < 4.78 is 0. The first kappa shape index (κ1) is 63.0. The van der Waals surface area contributed by atoms with Crippen LogP contribution in [-0.4, -0.2) is 0 Å². The Hall–Kier alpha value is -0.780. The van der Waals surface area contributed by atoms with Crippen molar-refractivity contribution < 1.29 is 0 Å². The van der Waals surface area contributed by atoms with Crippen LogP contribution in [0.2, 0.25) is 0 Å². The molecule has 30 heavy (non-hydrogen) atoms. The van der Waals surface area contributed by atoms with Crippen LogP contribution in [0.3, 0.4) is 0 Å². The molecule has 0 aliphatic carbocycles. The van der Waals surface area contributed by atoms with Crippen LogP contribution < -0.4 is 0 Å². The lowest BCUT2D eigenvalue weighted by Crippen LogP contribution is -1.96. The van der Waals surface area contributed by atoms with Crippen molar-refractivity contribution in [2.24, 2.45) is 23.7 Å². The van der Waals surface area contributed by atoms with Crippen molar-refractivity contribution in [2.45, 2.75) is 141 Å². The molecule has 194 valence electrons. The summed E-state index contributed by atoms with van der Waals surface area (Å²) in [7, 11) is 0. The fraction of sp³-hybridized carbons (Fsp3) is 0.800. The average molecular weight is 435 g/mol. The van der Waals surface area contributed by atoms with E-state index in [1.165, 1.54) is 30.4 Å². The van der Waals surface area contributed by atoms with Crippen LogP contribution in [0.4, 0.5) is 0 Å². The van der Waals surface area contributed by atoms with Gasteiger partial charge in [-0.25, -0.2) is 0 Å². The van der Waals surface area contributed by atoms with Gasteiger partial charge in [0.15, 0.2) is 0 Å². The monoisotopic (exact) mass is 435 g/mol. The molecular formula is C30H74. The van der Waals surface area contributed by atoms with Crippen molar-refractivity contribution in [2.75, 3.05) is 0 Å². The summed E-state index contributed by atoms with van der Waals surface area (Å²) in [6.45, 7) is 18.1. The minimum absolute atomic E-state index is 0. The molecule has 0 fully saturated rings. The van der Waals surface area contributed by atoms with E-state index in [0.717, 1.165) is 23.7 Å². The van der Waals surface area contributed by atoms with Gasteiger partial charge in [-0.3, -0.25) is 0 Å². The summed E-state index contributed by atoms with van der Waals surface area (Å²) in [6, 6.07) is 9.10. The van der Waals surface area contributed by atoms with Gasteiger partial charge in [0, 0.05) is 0 Å². The molecule has 0 nitrogen and oxygen atoms in total. The third-order valence-electron chi connectivity index (χ3n) is 3.25. The van der Waals surface area contributed by atoms with E-state index in [2.05, 4.69) is 79.7 Å². The van der Waals surface area contributed by atoms with Crippen LogP contribution in [0.25, 0.3) is 0 Å². The normalized spacial score (nSPS) is 7.87. The van der Waals surface area contributed by atoms with Gasteiger partial charge in [0.25, 0.3) is 0 Å². The minimum Gasteiger partial charge on any atom is -0.0776 e. The Bertz CT molecular complexity index is 306. The number of rotatable bonds is 6. The molecule has 0 aromatic heterocycles. The molecule has 0 spiro atoms. The van der Waals surface area contributed by atoms with Gasteiger partial charge in [-0.15, -0.1) is 0 Å². The molecule has 1 aromatic rings. The van der Waals surface area contributed by atoms with E-state index in [0.29, 0.717) is 0 Å². The Labute approximate surface area is 200 Å². The van der Waals surface area contributed by atoms with Crippen molar-refractivity contribution in [1.29, 1.82) is 0 Å². The highest BCUT2D eigenvalue weighted by Crippen LogP contribution is 2.12. The maximum absolute atomic E-state index is 2.28. The first-order chi connectivity index (χ1) is 9.70. The molecule has 0 unspecified atom stereocenters. The molecule has 0 heterocycles. The molecule has 0 saturated carbocycles. The fourth-order valence-corrected chi connectivity index (χ4v) is 2.70. The first-order valence-electron chi connectivity index (χ1n) is 8.78. The highest BCUT2D eigenvalue weighted by molar-refractivity contribution is 5.23. The van der Waals surface area contributed by atoms with Crippen LogP contribution in [0.1, 0.15) is 140 Å². The Balaban J connectivity index is -0.0000000284. The molecule has 0 aliphatic rings. The van der Waals surface area contributed by atoms with Crippen LogP contribution >= 0.6 is 0 Å². The molecule has 0 heteroatoms. The number of benzene rings is 1. The van der Waals surface area contributed by atoms with E-state index in [1.54, 1.807) is 0 Å². The number of hydrogen-bond acceptors (Lipinski definition) is 0. The van der Waals surface area contributed by atoms with Crippen LogP contribution in [0.15, 0.2) is 24.3 Å². The second kappa shape index (κ2) is 35.6. The summed E-state index contributed by atoms with van der Waals surface area (Å²) in [5.74, 6) is 3.26. The van der Waals surface area contributed by atoms with Crippen molar-refractivity contribution in [3.63, 3.8) is 0 Å². The first-order valence-corrected chi connectivity index (χ1v) is 8.78. The fourth-order valence-electron chi connectivity index (χ4n) is 2.70.